The summed E-state index contributed by atoms with van der Waals surface area (Å²) in [6, 6.07) is 10.7. The third kappa shape index (κ3) is 4.42. The Balaban J connectivity index is 1.31. The molecule has 0 atom stereocenters. The van der Waals surface area contributed by atoms with Crippen LogP contribution in [0.1, 0.15) is 55.9 Å². The molecule has 0 saturated carbocycles. The number of ether oxygens (including phenoxy) is 2. The Labute approximate surface area is 221 Å². The fourth-order valence-corrected chi connectivity index (χ4v) is 5.85. The van der Waals surface area contributed by atoms with Crippen LogP contribution in [0.5, 0.6) is 0 Å². The van der Waals surface area contributed by atoms with E-state index in [2.05, 4.69) is 9.47 Å². The Kier molecular flexibility index (Phi) is 5.84. The second kappa shape index (κ2) is 8.84. The molecule has 0 unspecified atom stereocenters. The van der Waals surface area contributed by atoms with E-state index < -0.39 is 11.2 Å². The number of hydrogen-bond donors (Lipinski definition) is 0. The molecule has 4 heterocycles. The summed E-state index contributed by atoms with van der Waals surface area (Å²) in [4.78, 5) is 21.8. The van der Waals surface area contributed by atoms with Crippen molar-refractivity contribution in [2.75, 3.05) is 18.0 Å². The van der Waals surface area contributed by atoms with Gasteiger partial charge in [-0.25, -0.2) is 0 Å². The molecule has 3 aliphatic rings. The van der Waals surface area contributed by atoms with Gasteiger partial charge in [-0.2, -0.15) is 0 Å². The molecule has 10 heteroatoms. The predicted octanol–water partition coefficient (Wildman–Crippen LogP) is 5.28. The predicted molar refractivity (Wildman–Crippen MR) is 140 cm³/mol. The van der Waals surface area contributed by atoms with E-state index in [1.165, 1.54) is 6.07 Å². The van der Waals surface area contributed by atoms with Crippen LogP contribution in [-0.2, 0) is 34.8 Å². The van der Waals surface area contributed by atoms with E-state index in [1.807, 2.05) is 52.1 Å². The van der Waals surface area contributed by atoms with Crippen molar-refractivity contribution in [1.82, 2.24) is 14.4 Å². The Morgan fingerprint density at radius 3 is 2.68 bits per heavy atom. The maximum absolute atomic E-state index is 14.0. The second-order valence-electron chi connectivity index (χ2n) is 11.1. The fourth-order valence-electron chi connectivity index (χ4n) is 5.66. The van der Waals surface area contributed by atoms with Crippen molar-refractivity contribution in [2.24, 2.45) is 0 Å². The first-order valence-corrected chi connectivity index (χ1v) is 13.0. The van der Waals surface area contributed by atoms with Crippen LogP contribution in [0.4, 0.5) is 15.1 Å². The van der Waals surface area contributed by atoms with Gasteiger partial charge in [-0.1, -0.05) is 0 Å². The van der Waals surface area contributed by atoms with Gasteiger partial charge in [-0.3, -0.25) is 0 Å². The molecular weight excluding hydrogens is 494 g/mol. The van der Waals surface area contributed by atoms with Gasteiger partial charge in [0.1, 0.15) is 0 Å². The molecule has 2 aromatic carbocycles. The Morgan fingerprint density at radius 1 is 1.14 bits per heavy atom. The molecule has 3 aromatic rings. The first-order chi connectivity index (χ1) is 17.6. The average Bonchev–Trinajstić information content (AvgIpc) is 3.35. The van der Waals surface area contributed by atoms with Gasteiger partial charge in [0.2, 0.25) is 0 Å². The van der Waals surface area contributed by atoms with Gasteiger partial charge in [0.05, 0.1) is 0 Å². The maximum atomic E-state index is 14.0. The number of hydrogen-bond acceptors (Lipinski definition) is 5. The molecule has 1 spiro atoms. The van der Waals surface area contributed by atoms with Crippen LogP contribution < -0.4 is 4.90 Å². The monoisotopic (exact) mass is 522 g/mol. The van der Waals surface area contributed by atoms with Crippen LogP contribution in [0.2, 0.25) is 5.02 Å². The van der Waals surface area contributed by atoms with E-state index in [0.29, 0.717) is 37.8 Å². The summed E-state index contributed by atoms with van der Waals surface area (Å²) in [5.74, 6) is 0.589. The van der Waals surface area contributed by atoms with Crippen LogP contribution in [0, 0.1) is 5.82 Å². The molecule has 37 heavy (non-hydrogen) atoms. The van der Waals surface area contributed by atoms with Crippen molar-refractivity contribution in [3.8, 4) is 5.69 Å². The molecule has 0 aliphatic carbocycles. The third-order valence-corrected chi connectivity index (χ3v) is 7.62. The number of anilines is 1. The summed E-state index contributed by atoms with van der Waals surface area (Å²) in [5.41, 5.74) is 3.75. The number of piperidine rings is 1. The zero-order valence-electron chi connectivity index (χ0n) is 21.3. The molecule has 7 nitrogen and oxygen atoms in total. The van der Waals surface area contributed by atoms with E-state index >= 15 is 0 Å². The van der Waals surface area contributed by atoms with Crippen molar-refractivity contribution < 1.29 is 18.7 Å². The Hall–Kier alpha value is -2.91. The molecule has 0 bridgehead atoms. The number of nitrogens with zero attached hydrogens (tertiary/aromatic N) is 4. The van der Waals surface area contributed by atoms with Gasteiger partial charge in [0.25, 0.3) is 0 Å². The number of rotatable bonds is 1. The summed E-state index contributed by atoms with van der Waals surface area (Å²) in [6.45, 7) is 8.27. The molecule has 1 amide bonds. The average molecular weight is 523 g/mol. The SMILES string of the molecule is CC(C)(C)OC(=O)N1Cc2cc(Cl)ccc2-n2c(bnc2N2CCC3(CC2)OCc2ccc(F)cc23)C1. The van der Waals surface area contributed by atoms with E-state index in [9.17, 15) is 9.18 Å². The molecule has 0 radical (unpaired) electrons. The molecule has 0 N–H and O–H groups in total. The quantitative estimate of drug-likeness (QED) is 0.435. The molecule has 3 aliphatic heterocycles. The van der Waals surface area contributed by atoms with Crippen LogP contribution in [-0.4, -0.2) is 46.2 Å². The topological polar surface area (TPSA) is 59.8 Å². The van der Waals surface area contributed by atoms with Crippen LogP contribution in [0.3, 0.4) is 0 Å². The number of fused-ring (bicyclic) bond motifs is 5. The van der Waals surface area contributed by atoms with Gasteiger partial charge >= 0.3 is 221 Å². The van der Waals surface area contributed by atoms with E-state index in [-0.39, 0.29) is 11.9 Å². The summed E-state index contributed by atoms with van der Waals surface area (Å²) in [7, 11) is 1.83. The van der Waals surface area contributed by atoms with Gasteiger partial charge in [-0.05, 0) is 0 Å². The zero-order valence-corrected chi connectivity index (χ0v) is 22.0. The number of benzene rings is 2. The number of halogens is 2. The van der Waals surface area contributed by atoms with Gasteiger partial charge in [0.15, 0.2) is 0 Å². The number of carbonyl (C=O) groups is 1. The standard InChI is InChI=1S/C27H29BClFN4O3/c1-26(2,3)37-25(35)33-14-18-12-19(29)5-7-22(18)34-23(15-33)28-31-24(34)32-10-8-27(9-11-32)21-13-20(30)6-4-17(21)16-36-27/h4-7,12-13H,8-11,14-16H2,1-3H3. The normalized spacial score (nSPS) is 18.2. The van der Waals surface area contributed by atoms with Crippen LogP contribution >= 0.6 is 11.6 Å². The van der Waals surface area contributed by atoms with Crippen molar-refractivity contribution in [1.29, 1.82) is 0 Å². The first-order valence-electron chi connectivity index (χ1n) is 12.6. The summed E-state index contributed by atoms with van der Waals surface area (Å²) < 4.78 is 28.1. The van der Waals surface area contributed by atoms with Crippen molar-refractivity contribution >= 4 is 30.7 Å². The van der Waals surface area contributed by atoms with E-state index in [4.69, 9.17) is 26.0 Å². The van der Waals surface area contributed by atoms with Crippen LogP contribution in [0.25, 0.3) is 5.69 Å². The minimum atomic E-state index is -0.598. The molecule has 1 fully saturated rings. The molecule has 192 valence electrons. The summed E-state index contributed by atoms with van der Waals surface area (Å²) >= 11 is 6.36. The van der Waals surface area contributed by atoms with Crippen LogP contribution in [0.15, 0.2) is 36.4 Å². The zero-order chi connectivity index (χ0) is 25.9. The van der Waals surface area contributed by atoms with E-state index in [1.54, 1.807) is 11.0 Å². The summed E-state index contributed by atoms with van der Waals surface area (Å²) in [5, 5.41) is 0.609. The van der Waals surface area contributed by atoms with Crippen molar-refractivity contribution in [3.63, 3.8) is 0 Å². The van der Waals surface area contributed by atoms with Crippen molar-refractivity contribution in [3.05, 3.63) is 69.5 Å². The molecular formula is C27H29BClFN4O3. The van der Waals surface area contributed by atoms with Gasteiger partial charge in [0, 0.05) is 0 Å². The fraction of sp³-hybridized carbons (Fsp3) is 0.444. The molecule has 1 aromatic heterocycles. The third-order valence-electron chi connectivity index (χ3n) is 7.39. The van der Waals surface area contributed by atoms with Gasteiger partial charge in [-0.15, -0.1) is 0 Å². The number of amides is 1. The Bertz CT molecular complexity index is 1380. The number of aromatic nitrogens is 2. The number of carbonyl (C=O) groups excluding carboxylic acids is 1. The van der Waals surface area contributed by atoms with E-state index in [0.717, 1.165) is 46.8 Å². The van der Waals surface area contributed by atoms with Gasteiger partial charge < -0.3 is 0 Å². The second-order valence-corrected chi connectivity index (χ2v) is 11.5. The Morgan fingerprint density at radius 2 is 1.92 bits per heavy atom. The minimum absolute atomic E-state index is 0.227. The molecule has 6 rings (SSSR count). The first kappa shape index (κ1) is 24.4. The summed E-state index contributed by atoms with van der Waals surface area (Å²) in [6.07, 6.45) is 1.10. The molecule has 1 saturated heterocycles. The van der Waals surface area contributed by atoms with Crippen molar-refractivity contribution in [2.45, 2.75) is 64.5 Å².